The molecule has 0 spiro atoms. The van der Waals surface area contributed by atoms with E-state index in [1.165, 1.54) is 6.08 Å². The summed E-state index contributed by atoms with van der Waals surface area (Å²) in [7, 11) is 3.12. The number of methoxy groups -OCH3 is 2. The lowest BCUT2D eigenvalue weighted by molar-refractivity contribution is -0.119. The Labute approximate surface area is 176 Å². The van der Waals surface area contributed by atoms with Crippen LogP contribution < -0.4 is 14.8 Å². The summed E-state index contributed by atoms with van der Waals surface area (Å²) in [5, 5.41) is 4.43. The summed E-state index contributed by atoms with van der Waals surface area (Å²) in [6.07, 6.45) is 6.21. The molecule has 2 aromatic rings. The third-order valence-corrected chi connectivity index (χ3v) is 4.77. The Balaban J connectivity index is 1.66. The normalized spacial score (nSPS) is 14.3. The van der Waals surface area contributed by atoms with Crippen LogP contribution in [0.2, 0.25) is 0 Å². The summed E-state index contributed by atoms with van der Waals surface area (Å²) < 4.78 is 10.5. The summed E-state index contributed by atoms with van der Waals surface area (Å²) in [6, 6.07) is 12.2. The van der Waals surface area contributed by atoms with E-state index in [-0.39, 0.29) is 5.91 Å². The van der Waals surface area contributed by atoms with Crippen molar-refractivity contribution in [3.8, 4) is 11.5 Å². The zero-order valence-electron chi connectivity index (χ0n) is 17.2. The number of hydrogen-bond acceptors (Lipinski definition) is 6. The third-order valence-electron chi connectivity index (χ3n) is 4.77. The van der Waals surface area contributed by atoms with Crippen LogP contribution in [0.3, 0.4) is 0 Å². The maximum atomic E-state index is 12.6. The Morgan fingerprint density at radius 1 is 0.967 bits per heavy atom. The van der Waals surface area contributed by atoms with Gasteiger partial charge in [-0.1, -0.05) is 24.6 Å². The van der Waals surface area contributed by atoms with Crippen molar-refractivity contribution in [2.75, 3.05) is 32.6 Å². The maximum Gasteiger partial charge on any atom is 0.359 e. The molecule has 30 heavy (non-hydrogen) atoms. The van der Waals surface area contributed by atoms with E-state index in [0.717, 1.165) is 37.9 Å². The molecule has 1 N–H and O–H groups in total. The van der Waals surface area contributed by atoms with Gasteiger partial charge in [0.2, 0.25) is 5.91 Å². The second-order valence-corrected chi connectivity index (χ2v) is 6.85. The van der Waals surface area contributed by atoms with Crippen LogP contribution in [0.5, 0.6) is 11.5 Å². The highest BCUT2D eigenvalue weighted by Crippen LogP contribution is 2.28. The number of ether oxygens (including phenoxy) is 2. The van der Waals surface area contributed by atoms with Crippen molar-refractivity contribution < 1.29 is 23.9 Å². The Morgan fingerprint density at radius 2 is 1.70 bits per heavy atom. The van der Waals surface area contributed by atoms with Crippen LogP contribution in [-0.4, -0.2) is 44.2 Å². The van der Waals surface area contributed by atoms with Crippen molar-refractivity contribution in [3.63, 3.8) is 0 Å². The van der Waals surface area contributed by atoms with Crippen molar-refractivity contribution in [3.05, 3.63) is 59.7 Å². The van der Waals surface area contributed by atoms with E-state index in [1.54, 1.807) is 61.8 Å². The molecule has 0 aliphatic carbocycles. The van der Waals surface area contributed by atoms with Gasteiger partial charge in [0.15, 0.2) is 11.5 Å². The number of anilines is 1. The van der Waals surface area contributed by atoms with Gasteiger partial charge in [-0.2, -0.15) is 0 Å². The fourth-order valence-electron chi connectivity index (χ4n) is 3.20. The van der Waals surface area contributed by atoms with Crippen LogP contribution in [0.15, 0.2) is 48.5 Å². The molecule has 0 saturated carbocycles. The number of carbonyl (C=O) groups excluding carboxylic acids is 2. The highest BCUT2D eigenvalue weighted by Gasteiger charge is 2.19. The summed E-state index contributed by atoms with van der Waals surface area (Å²) in [5.74, 6) is 0.353. The smallest absolute Gasteiger partial charge is 0.359 e. The summed E-state index contributed by atoms with van der Waals surface area (Å²) in [4.78, 5) is 30.5. The quantitative estimate of drug-likeness (QED) is 0.698. The lowest BCUT2D eigenvalue weighted by Crippen LogP contribution is -2.32. The van der Waals surface area contributed by atoms with Gasteiger partial charge < -0.3 is 19.6 Å². The van der Waals surface area contributed by atoms with Gasteiger partial charge in [-0.05, 0) is 48.7 Å². The van der Waals surface area contributed by atoms with Gasteiger partial charge in [-0.25, -0.2) is 4.79 Å². The maximum absolute atomic E-state index is 12.6. The van der Waals surface area contributed by atoms with Gasteiger partial charge in [-0.3, -0.25) is 4.79 Å². The van der Waals surface area contributed by atoms with E-state index >= 15 is 0 Å². The van der Waals surface area contributed by atoms with Crippen molar-refractivity contribution in [2.45, 2.75) is 19.3 Å². The molecule has 7 nitrogen and oxygen atoms in total. The van der Waals surface area contributed by atoms with Crippen LogP contribution in [0.1, 0.15) is 35.2 Å². The van der Waals surface area contributed by atoms with E-state index in [4.69, 9.17) is 14.3 Å². The molecule has 0 unspecified atom stereocenters. The Bertz CT molecular complexity index is 920. The molecule has 7 heteroatoms. The highest BCUT2D eigenvalue weighted by atomic mass is 16.7. The molecule has 3 rings (SSSR count). The second-order valence-electron chi connectivity index (χ2n) is 6.85. The van der Waals surface area contributed by atoms with Gasteiger partial charge in [-0.15, -0.1) is 5.06 Å². The molecule has 158 valence electrons. The van der Waals surface area contributed by atoms with Gasteiger partial charge in [0.25, 0.3) is 0 Å². The van der Waals surface area contributed by atoms with Gasteiger partial charge in [0.05, 0.1) is 25.5 Å². The van der Waals surface area contributed by atoms with Crippen LogP contribution in [-0.2, 0) is 9.63 Å². The standard InChI is InChI=1S/C23H26N2O5/c1-28-20-12-10-17(16-21(20)29-2)11-13-22(26)24-19-9-5-4-8-18(19)23(27)30-25-14-6-3-7-15-25/h4-5,8-13,16H,3,6-7,14-15H2,1-2H3,(H,24,26)/b13-11+. The number of amides is 1. The number of para-hydroxylation sites is 1. The predicted octanol–water partition coefficient (Wildman–Crippen LogP) is 3.91. The van der Waals surface area contributed by atoms with E-state index in [2.05, 4.69) is 5.32 Å². The number of piperidine rings is 1. The van der Waals surface area contributed by atoms with Crippen LogP contribution >= 0.6 is 0 Å². The van der Waals surface area contributed by atoms with Gasteiger partial charge in [0.1, 0.15) is 0 Å². The van der Waals surface area contributed by atoms with E-state index in [1.807, 2.05) is 6.07 Å². The first-order chi connectivity index (χ1) is 14.6. The Morgan fingerprint density at radius 3 is 2.43 bits per heavy atom. The van der Waals surface area contributed by atoms with Gasteiger partial charge >= 0.3 is 5.97 Å². The molecule has 1 saturated heterocycles. The van der Waals surface area contributed by atoms with Crippen LogP contribution in [0.4, 0.5) is 5.69 Å². The van der Waals surface area contributed by atoms with Crippen molar-refractivity contribution in [1.29, 1.82) is 0 Å². The molecule has 1 aliphatic heterocycles. The molecule has 1 amide bonds. The van der Waals surface area contributed by atoms with Gasteiger partial charge in [0, 0.05) is 19.2 Å². The Hall–Kier alpha value is -3.32. The first kappa shape index (κ1) is 21.4. The number of nitrogens with one attached hydrogen (secondary N) is 1. The third kappa shape index (κ3) is 5.61. The minimum absolute atomic E-state index is 0.316. The number of rotatable bonds is 7. The molecular weight excluding hydrogens is 384 g/mol. The molecule has 1 fully saturated rings. The number of carbonyl (C=O) groups is 2. The minimum Gasteiger partial charge on any atom is -0.493 e. The Kier molecular flexibility index (Phi) is 7.45. The lowest BCUT2D eigenvalue weighted by atomic mass is 10.1. The van der Waals surface area contributed by atoms with Crippen molar-refractivity contribution >= 4 is 23.6 Å². The largest absolute Gasteiger partial charge is 0.493 e. The molecule has 0 aromatic heterocycles. The number of benzene rings is 2. The lowest BCUT2D eigenvalue weighted by Gasteiger charge is -2.25. The number of hydroxylamine groups is 2. The summed E-state index contributed by atoms with van der Waals surface area (Å²) in [6.45, 7) is 1.46. The van der Waals surface area contributed by atoms with Crippen molar-refractivity contribution in [1.82, 2.24) is 5.06 Å². The fraction of sp³-hybridized carbons (Fsp3) is 0.304. The molecule has 2 aromatic carbocycles. The monoisotopic (exact) mass is 410 g/mol. The highest BCUT2D eigenvalue weighted by molar-refractivity contribution is 6.06. The molecule has 0 radical (unpaired) electrons. The van der Waals surface area contributed by atoms with E-state index < -0.39 is 5.97 Å². The zero-order valence-corrected chi connectivity index (χ0v) is 17.2. The van der Waals surface area contributed by atoms with Crippen LogP contribution in [0, 0.1) is 0 Å². The first-order valence-corrected chi connectivity index (χ1v) is 9.88. The molecule has 1 aliphatic rings. The fourth-order valence-corrected chi connectivity index (χ4v) is 3.20. The molecule has 0 bridgehead atoms. The molecule has 1 heterocycles. The summed E-state index contributed by atoms with van der Waals surface area (Å²) >= 11 is 0. The zero-order chi connectivity index (χ0) is 21.3. The second kappa shape index (κ2) is 10.5. The van der Waals surface area contributed by atoms with E-state index in [9.17, 15) is 9.59 Å². The average molecular weight is 410 g/mol. The minimum atomic E-state index is -0.475. The number of nitrogens with zero attached hydrogens (tertiary/aromatic N) is 1. The molecule has 0 atom stereocenters. The SMILES string of the molecule is COc1ccc(/C=C/C(=O)Nc2ccccc2C(=O)ON2CCCCC2)cc1OC. The van der Waals surface area contributed by atoms with Crippen molar-refractivity contribution in [2.24, 2.45) is 0 Å². The molecular formula is C23H26N2O5. The first-order valence-electron chi connectivity index (χ1n) is 9.88. The topological polar surface area (TPSA) is 77.1 Å². The number of hydrogen-bond donors (Lipinski definition) is 1. The summed E-state index contributed by atoms with van der Waals surface area (Å²) in [5.41, 5.74) is 1.50. The van der Waals surface area contributed by atoms with Crippen LogP contribution in [0.25, 0.3) is 6.08 Å². The predicted molar refractivity (Wildman–Crippen MR) is 114 cm³/mol. The average Bonchev–Trinajstić information content (AvgIpc) is 2.78. The van der Waals surface area contributed by atoms with E-state index in [0.29, 0.717) is 22.7 Å².